The number of hydrogen-bond donors (Lipinski definition) is 1. The van der Waals surface area contributed by atoms with Crippen LogP contribution in [-0.4, -0.2) is 57.4 Å². The maximum Gasteiger partial charge on any atom is 2.00 e. The average molecular weight is 801 g/mol. The van der Waals surface area contributed by atoms with Gasteiger partial charge in [0.15, 0.2) is 0 Å². The van der Waals surface area contributed by atoms with Crippen LogP contribution in [0.15, 0.2) is 24.3 Å². The number of rotatable bonds is 11. The molecule has 226 valence electrons. The number of hydrogen-bond acceptors (Lipinski definition) is 6. The zero-order valence-electron chi connectivity index (χ0n) is 25.8. The first kappa shape index (κ1) is 34.5. The van der Waals surface area contributed by atoms with Crippen LogP contribution >= 0.6 is 0 Å². The first-order valence-corrected chi connectivity index (χ1v) is 15.3. The second-order valence-corrected chi connectivity index (χ2v) is 12.8. The minimum absolute atomic E-state index is 0. The molecule has 1 N–H and O–H groups in total. The number of carbonyl (C=O) groups excluding carboxylic acids is 3. The fourth-order valence-electron chi connectivity index (χ4n) is 6.39. The number of ketones is 1. The van der Waals surface area contributed by atoms with Crippen LogP contribution in [-0.2, 0) is 20.7 Å². The molecule has 1 saturated heterocycles. The Morgan fingerprint density at radius 3 is 2.57 bits per heavy atom. The molecule has 0 unspecified atom stereocenters. The number of para-hydroxylation sites is 2. The molecule has 1 aliphatic carbocycles. The van der Waals surface area contributed by atoms with E-state index in [4.69, 9.17) is 4.74 Å². The molecule has 2 aliphatic rings. The second-order valence-electron chi connectivity index (χ2n) is 12.8. The van der Waals surface area contributed by atoms with E-state index in [0.717, 1.165) is 74.5 Å². The molecule has 2 heterocycles. The summed E-state index contributed by atoms with van der Waals surface area (Å²) in [5.41, 5.74) is 2.13. The fourth-order valence-corrected chi connectivity index (χ4v) is 6.39. The normalized spacial score (nSPS) is 22.9. The fraction of sp³-hybridized carbons (Fsp3) is 0.636. The smallest absolute Gasteiger partial charge is 0.448 e. The molecule has 0 spiro atoms. The number of carbonyl (C=O) groups is 3. The molecule has 0 radical (unpaired) electrons. The number of ether oxygens (including phenoxy) is 1. The van der Waals surface area contributed by atoms with Crippen molar-refractivity contribution in [3.05, 3.63) is 42.6 Å². The van der Waals surface area contributed by atoms with Gasteiger partial charge in [0.05, 0.1) is 6.04 Å². The minimum Gasteiger partial charge on any atom is -0.448 e. The van der Waals surface area contributed by atoms with E-state index in [-0.39, 0.29) is 54.8 Å². The Labute approximate surface area is 274 Å². The van der Waals surface area contributed by atoms with E-state index in [1.165, 1.54) is 6.92 Å². The summed E-state index contributed by atoms with van der Waals surface area (Å²) in [7, 11) is 0. The van der Waals surface area contributed by atoms with Gasteiger partial charge in [-0.25, -0.2) is 4.79 Å². The van der Waals surface area contributed by atoms with Crippen molar-refractivity contribution in [1.82, 2.24) is 20.2 Å². The van der Waals surface area contributed by atoms with Crippen molar-refractivity contribution < 1.29 is 50.2 Å². The minimum atomic E-state index is -0.782. The van der Waals surface area contributed by atoms with Gasteiger partial charge in [-0.1, -0.05) is 70.7 Å². The molecular weight excluding hydrogens is 754 g/mol. The number of unbranched alkanes of at least 4 members (excludes halogenated alkanes) is 2. The molecule has 42 heavy (non-hydrogen) atoms. The van der Waals surface area contributed by atoms with Crippen molar-refractivity contribution in [3.63, 3.8) is 0 Å². The molecular formula is C33H46N4O4U. The number of alkyl carbamates (subject to hydrolysis) is 1. The number of Topliss-reactive ketones (excluding diaryl/α,β-unsaturated/α-hetero) is 1. The van der Waals surface area contributed by atoms with E-state index in [1.807, 2.05) is 58.4 Å². The molecule has 5 atom stereocenters. The van der Waals surface area contributed by atoms with Gasteiger partial charge in [0.25, 0.3) is 0 Å². The number of nitrogens with one attached hydrogen (secondary N) is 1. The number of aromatic nitrogens is 2. The Balaban J connectivity index is 0.00000484. The van der Waals surface area contributed by atoms with Gasteiger partial charge in [-0.05, 0) is 62.5 Å². The van der Waals surface area contributed by atoms with E-state index in [1.54, 1.807) is 4.90 Å². The van der Waals surface area contributed by atoms with Gasteiger partial charge in [0.1, 0.15) is 17.9 Å². The predicted octanol–water partition coefficient (Wildman–Crippen LogP) is 5.87. The Bertz CT molecular complexity index is 1220. The van der Waals surface area contributed by atoms with Crippen LogP contribution in [0.5, 0.6) is 0 Å². The number of likely N-dealkylation sites (tertiary alicyclic amines) is 1. The number of nitrogens with zero attached hydrogens (tertiary/aromatic N) is 3. The third kappa shape index (κ3) is 8.78. The molecule has 2 amide bonds. The van der Waals surface area contributed by atoms with Gasteiger partial charge in [-0.2, -0.15) is 0 Å². The first-order valence-electron chi connectivity index (χ1n) is 15.3. The van der Waals surface area contributed by atoms with E-state index in [0.29, 0.717) is 12.5 Å². The Kier molecular flexibility index (Phi) is 12.9. The van der Waals surface area contributed by atoms with Crippen molar-refractivity contribution >= 4 is 28.8 Å². The summed E-state index contributed by atoms with van der Waals surface area (Å²) in [6.45, 7) is 9.76. The number of fused-ring (bicyclic) bond motifs is 1. The van der Waals surface area contributed by atoms with Crippen LogP contribution in [0.1, 0.15) is 91.7 Å². The van der Waals surface area contributed by atoms with Gasteiger partial charge >= 0.3 is 37.2 Å². The number of benzene rings is 1. The van der Waals surface area contributed by atoms with E-state index in [2.05, 4.69) is 21.5 Å². The summed E-state index contributed by atoms with van der Waals surface area (Å²) in [6, 6.07) is 6.60. The summed E-state index contributed by atoms with van der Waals surface area (Å²) in [4.78, 5) is 49.8. The van der Waals surface area contributed by atoms with E-state index >= 15 is 0 Å². The summed E-state index contributed by atoms with van der Waals surface area (Å²) in [5.74, 6) is 0.128. The Morgan fingerprint density at radius 1 is 1.14 bits per heavy atom. The first-order chi connectivity index (χ1) is 19.6. The summed E-state index contributed by atoms with van der Waals surface area (Å²) in [5, 5.41) is 2.89. The molecule has 1 aromatic carbocycles. The van der Waals surface area contributed by atoms with Gasteiger partial charge < -0.3 is 26.4 Å². The molecule has 2 fully saturated rings. The molecule has 2 aromatic rings. The summed E-state index contributed by atoms with van der Waals surface area (Å²) < 4.78 is 5.93. The molecule has 0 bridgehead atoms. The SMILES string of the molecule is CC[C@@H]1[CH-]CN(C(=O)[C@@H](NC(=O)O[C@@H]2CCC[C@H]2CCCCCc2[c-]nc3ccccc3n2)C(C)(C)C)[C@@H]1C(C)=O.[U+2]. The Hall–Kier alpha value is -1.98. The van der Waals surface area contributed by atoms with Crippen molar-refractivity contribution in [1.29, 1.82) is 0 Å². The molecule has 9 heteroatoms. The van der Waals surface area contributed by atoms with Crippen molar-refractivity contribution in [3.8, 4) is 0 Å². The number of amides is 2. The van der Waals surface area contributed by atoms with Crippen molar-refractivity contribution in [2.75, 3.05) is 6.54 Å². The molecule has 8 nitrogen and oxygen atoms in total. The monoisotopic (exact) mass is 800 g/mol. The zero-order valence-corrected chi connectivity index (χ0v) is 30.0. The molecule has 4 rings (SSSR count). The van der Waals surface area contributed by atoms with Crippen LogP contribution in [0.25, 0.3) is 11.0 Å². The molecule has 1 saturated carbocycles. The van der Waals surface area contributed by atoms with Gasteiger partial charge in [0.2, 0.25) is 5.91 Å². The average Bonchev–Trinajstić information content (AvgIpc) is 3.57. The third-order valence-corrected chi connectivity index (χ3v) is 8.67. The van der Waals surface area contributed by atoms with Crippen LogP contribution in [0, 0.1) is 61.0 Å². The largest absolute Gasteiger partial charge is 2.00 e. The second kappa shape index (κ2) is 15.7. The number of aryl methyl sites for hydroxylation is 1. The maximum atomic E-state index is 13.6. The van der Waals surface area contributed by atoms with Crippen LogP contribution in [0.3, 0.4) is 0 Å². The van der Waals surface area contributed by atoms with Crippen LogP contribution in [0.2, 0.25) is 0 Å². The Morgan fingerprint density at radius 2 is 1.88 bits per heavy atom. The standard InChI is InChI=1S/C33H46N4O4.U/c1-6-23-19-20-37(29(23)22(2)38)31(39)30(33(3,4)5)36-32(40)41-28-18-12-14-24(28)13-8-7-9-15-25-21-34-26-16-10-11-17-27(26)35-25;/h10-11,16-17,19,23-24,28-30H,6-9,12-15,18,20H2,1-5H3,(H,36,40);/q-2;+2/t23-,24-,28-,29-,30-;/m1./s1. The van der Waals surface area contributed by atoms with Gasteiger partial charge in [-0.15, -0.1) is 24.7 Å². The molecule has 1 aromatic heterocycles. The summed E-state index contributed by atoms with van der Waals surface area (Å²) in [6.07, 6.45) is 13.2. The molecule has 1 aliphatic heterocycles. The summed E-state index contributed by atoms with van der Waals surface area (Å²) >= 11 is 0. The van der Waals surface area contributed by atoms with E-state index < -0.39 is 23.6 Å². The zero-order chi connectivity index (χ0) is 29.6. The third-order valence-electron chi connectivity index (χ3n) is 8.67. The van der Waals surface area contributed by atoms with Gasteiger partial charge in [-0.3, -0.25) is 14.6 Å². The maximum absolute atomic E-state index is 13.6. The van der Waals surface area contributed by atoms with Crippen molar-refractivity contribution in [2.45, 2.75) is 111 Å². The van der Waals surface area contributed by atoms with Gasteiger partial charge in [0, 0.05) is 5.52 Å². The van der Waals surface area contributed by atoms with E-state index in [9.17, 15) is 14.4 Å². The van der Waals surface area contributed by atoms with Crippen molar-refractivity contribution in [2.24, 2.45) is 17.3 Å². The quantitative estimate of drug-likeness (QED) is 0.226. The predicted molar refractivity (Wildman–Crippen MR) is 159 cm³/mol. The topological polar surface area (TPSA) is 101 Å². The van der Waals surface area contributed by atoms with Crippen LogP contribution < -0.4 is 5.32 Å². The van der Waals surface area contributed by atoms with Crippen LogP contribution in [0.4, 0.5) is 4.79 Å².